The molecule has 0 radical (unpaired) electrons. The number of nitrogens with one attached hydrogen (secondary N) is 1. The van der Waals surface area contributed by atoms with E-state index in [9.17, 15) is 4.79 Å². The van der Waals surface area contributed by atoms with E-state index in [1.54, 1.807) is 0 Å². The highest BCUT2D eigenvalue weighted by Gasteiger charge is 2.24. The number of nitrogens with zero attached hydrogens (tertiary/aromatic N) is 1. The summed E-state index contributed by atoms with van der Waals surface area (Å²) in [6, 6.07) is -0.212. The molecule has 1 aliphatic heterocycles. The molecule has 1 heterocycles. The summed E-state index contributed by atoms with van der Waals surface area (Å²) < 4.78 is 0. The predicted octanol–water partition coefficient (Wildman–Crippen LogP) is 0.0658. The molecule has 4 heteroatoms. The number of hydrogen-bond acceptors (Lipinski definition) is 3. The number of amidine groups is 1. The maximum Gasteiger partial charge on any atom is 0.250 e. The van der Waals surface area contributed by atoms with Crippen LogP contribution >= 0.6 is 0 Å². The number of carbonyl (C=O) groups is 1. The van der Waals surface area contributed by atoms with Gasteiger partial charge in [-0.05, 0) is 6.42 Å². The van der Waals surface area contributed by atoms with Crippen LogP contribution in [0.2, 0.25) is 0 Å². The van der Waals surface area contributed by atoms with Crippen LogP contribution in [0.5, 0.6) is 0 Å². The number of amides is 1. The Kier molecular flexibility index (Phi) is 3.22. The molecule has 0 aromatic heterocycles. The van der Waals surface area contributed by atoms with Gasteiger partial charge in [0, 0.05) is 6.42 Å². The van der Waals surface area contributed by atoms with Gasteiger partial charge in [0.15, 0.2) is 0 Å². The first-order valence-electron chi connectivity index (χ1n) is 4.26. The maximum atomic E-state index is 11.1. The third kappa shape index (κ3) is 2.04. The Morgan fingerprint density at radius 2 is 2.42 bits per heavy atom. The van der Waals surface area contributed by atoms with E-state index in [4.69, 9.17) is 5.11 Å². The number of aliphatic imine (C=N–C) groups is 1. The van der Waals surface area contributed by atoms with E-state index in [0.717, 1.165) is 12.8 Å². The fraction of sp³-hybridized carbons (Fsp3) is 0.750. The zero-order valence-corrected chi connectivity index (χ0v) is 7.21. The Hall–Kier alpha value is -0.900. The second-order valence-corrected chi connectivity index (χ2v) is 2.84. The number of aliphatic hydroxyl groups excluding tert-OH is 1. The number of rotatable bonds is 4. The maximum absolute atomic E-state index is 11.1. The monoisotopic (exact) mass is 170 g/mol. The van der Waals surface area contributed by atoms with Crippen LogP contribution in [-0.2, 0) is 4.79 Å². The van der Waals surface area contributed by atoms with E-state index in [2.05, 4.69) is 10.3 Å². The number of hydrogen-bond donors (Lipinski definition) is 2. The molecule has 1 amide bonds. The molecule has 1 unspecified atom stereocenters. The van der Waals surface area contributed by atoms with Gasteiger partial charge in [0.2, 0.25) is 5.91 Å². The van der Waals surface area contributed by atoms with Gasteiger partial charge in [0.05, 0.1) is 6.61 Å². The number of aliphatic hydroxyl groups is 1. The molecule has 0 saturated carbocycles. The first-order valence-corrected chi connectivity index (χ1v) is 4.26. The molecule has 0 spiro atoms. The van der Waals surface area contributed by atoms with Gasteiger partial charge in [-0.15, -0.1) is 0 Å². The minimum Gasteiger partial charge on any atom is -0.396 e. The van der Waals surface area contributed by atoms with Gasteiger partial charge in [0.1, 0.15) is 11.9 Å². The minimum atomic E-state index is -0.212. The van der Waals surface area contributed by atoms with Gasteiger partial charge in [-0.25, -0.2) is 0 Å². The minimum absolute atomic E-state index is 0.0275. The van der Waals surface area contributed by atoms with Gasteiger partial charge in [-0.3, -0.25) is 9.79 Å². The lowest BCUT2D eigenvalue weighted by atomic mass is 10.2. The van der Waals surface area contributed by atoms with Crippen molar-refractivity contribution in [2.75, 3.05) is 6.61 Å². The summed E-state index contributed by atoms with van der Waals surface area (Å²) in [5.41, 5.74) is 0. The van der Waals surface area contributed by atoms with E-state index < -0.39 is 0 Å². The van der Waals surface area contributed by atoms with Crippen molar-refractivity contribution < 1.29 is 9.90 Å². The van der Waals surface area contributed by atoms with E-state index >= 15 is 0 Å². The molecule has 0 bridgehead atoms. The second-order valence-electron chi connectivity index (χ2n) is 2.84. The Bertz CT molecular complexity index is 201. The summed E-state index contributed by atoms with van der Waals surface area (Å²) in [7, 11) is 0. The lowest BCUT2D eigenvalue weighted by Gasteiger charge is -1.99. The third-order valence-corrected chi connectivity index (χ3v) is 1.79. The summed E-state index contributed by atoms with van der Waals surface area (Å²) >= 11 is 0. The van der Waals surface area contributed by atoms with Crippen LogP contribution in [0, 0.1) is 0 Å². The van der Waals surface area contributed by atoms with Crippen molar-refractivity contribution in [3.05, 3.63) is 0 Å². The molecular weight excluding hydrogens is 156 g/mol. The molecule has 68 valence electrons. The van der Waals surface area contributed by atoms with Gasteiger partial charge < -0.3 is 10.4 Å². The van der Waals surface area contributed by atoms with Crippen LogP contribution < -0.4 is 5.32 Å². The molecule has 12 heavy (non-hydrogen) atoms. The summed E-state index contributed by atoms with van der Waals surface area (Å²) in [5.74, 6) is 0.598. The highest BCUT2D eigenvalue weighted by atomic mass is 16.3. The average molecular weight is 170 g/mol. The summed E-state index contributed by atoms with van der Waals surface area (Å²) in [6.07, 6.45) is 2.20. The SMILES string of the molecule is CCCC1N=C(CCO)NC1=O. The van der Waals surface area contributed by atoms with Crippen molar-refractivity contribution in [1.82, 2.24) is 5.32 Å². The van der Waals surface area contributed by atoms with E-state index in [0.29, 0.717) is 12.3 Å². The van der Waals surface area contributed by atoms with Crippen LogP contribution in [0.15, 0.2) is 4.99 Å². The summed E-state index contributed by atoms with van der Waals surface area (Å²) in [6.45, 7) is 2.06. The topological polar surface area (TPSA) is 61.7 Å². The molecule has 1 rings (SSSR count). The molecule has 0 aliphatic carbocycles. The standard InChI is InChI=1S/C8H14N2O2/c1-2-3-6-8(12)10-7(9-6)4-5-11/h6,11H,2-5H2,1H3,(H,9,10,12). The highest BCUT2D eigenvalue weighted by molar-refractivity contribution is 6.05. The molecule has 0 aromatic carbocycles. The van der Waals surface area contributed by atoms with E-state index in [1.807, 2.05) is 6.92 Å². The van der Waals surface area contributed by atoms with Crippen molar-refractivity contribution >= 4 is 11.7 Å². The molecule has 4 nitrogen and oxygen atoms in total. The quantitative estimate of drug-likeness (QED) is 0.627. The van der Waals surface area contributed by atoms with Crippen LogP contribution in [0.3, 0.4) is 0 Å². The normalized spacial score (nSPS) is 22.3. The fourth-order valence-electron chi connectivity index (χ4n) is 1.21. The van der Waals surface area contributed by atoms with Crippen molar-refractivity contribution in [3.63, 3.8) is 0 Å². The van der Waals surface area contributed by atoms with Crippen molar-refractivity contribution in [1.29, 1.82) is 0 Å². The Labute approximate surface area is 71.7 Å². The largest absolute Gasteiger partial charge is 0.396 e. The first-order chi connectivity index (χ1) is 5.77. The van der Waals surface area contributed by atoms with E-state index in [1.165, 1.54) is 0 Å². The summed E-state index contributed by atoms with van der Waals surface area (Å²) in [5, 5.41) is 11.2. The Morgan fingerprint density at radius 1 is 1.67 bits per heavy atom. The lowest BCUT2D eigenvalue weighted by molar-refractivity contribution is -0.120. The van der Waals surface area contributed by atoms with Gasteiger partial charge in [0.25, 0.3) is 0 Å². The zero-order valence-electron chi connectivity index (χ0n) is 7.21. The van der Waals surface area contributed by atoms with Crippen LogP contribution in [0.25, 0.3) is 0 Å². The van der Waals surface area contributed by atoms with Gasteiger partial charge in [-0.1, -0.05) is 13.3 Å². The van der Waals surface area contributed by atoms with Crippen molar-refractivity contribution in [3.8, 4) is 0 Å². The molecule has 0 saturated heterocycles. The van der Waals surface area contributed by atoms with E-state index in [-0.39, 0.29) is 18.6 Å². The molecule has 0 fully saturated rings. The zero-order chi connectivity index (χ0) is 8.97. The molecule has 0 aromatic rings. The number of carbonyl (C=O) groups excluding carboxylic acids is 1. The first kappa shape index (κ1) is 9.19. The van der Waals surface area contributed by atoms with Crippen LogP contribution in [0.1, 0.15) is 26.2 Å². The van der Waals surface area contributed by atoms with Gasteiger partial charge >= 0.3 is 0 Å². The third-order valence-electron chi connectivity index (χ3n) is 1.79. The van der Waals surface area contributed by atoms with Crippen LogP contribution in [0.4, 0.5) is 0 Å². The molecule has 1 aliphatic rings. The molecule has 1 atom stereocenters. The van der Waals surface area contributed by atoms with Gasteiger partial charge in [-0.2, -0.15) is 0 Å². The fourth-order valence-corrected chi connectivity index (χ4v) is 1.21. The summed E-state index contributed by atoms with van der Waals surface area (Å²) in [4.78, 5) is 15.3. The smallest absolute Gasteiger partial charge is 0.250 e. The average Bonchev–Trinajstić information content (AvgIpc) is 2.34. The highest BCUT2D eigenvalue weighted by Crippen LogP contribution is 2.08. The predicted molar refractivity (Wildman–Crippen MR) is 46.0 cm³/mol. The van der Waals surface area contributed by atoms with Crippen molar-refractivity contribution in [2.24, 2.45) is 4.99 Å². The lowest BCUT2D eigenvalue weighted by Crippen LogP contribution is -2.28. The van der Waals surface area contributed by atoms with Crippen molar-refractivity contribution in [2.45, 2.75) is 32.2 Å². The molecule has 2 N–H and O–H groups in total. The second kappa shape index (κ2) is 4.21. The Balaban J connectivity index is 2.48. The van der Waals surface area contributed by atoms with Crippen LogP contribution in [-0.4, -0.2) is 29.5 Å². The Morgan fingerprint density at radius 3 is 3.00 bits per heavy atom. The molecular formula is C8H14N2O2.